The van der Waals surface area contributed by atoms with Crippen molar-refractivity contribution in [3.63, 3.8) is 0 Å². The zero-order valence-electron chi connectivity index (χ0n) is 10.5. The summed E-state index contributed by atoms with van der Waals surface area (Å²) in [5.41, 5.74) is 1.85. The Balaban J connectivity index is 2.29. The van der Waals surface area contributed by atoms with Crippen LogP contribution in [-0.4, -0.2) is 19.9 Å². The molecule has 0 fully saturated rings. The fourth-order valence-corrected chi connectivity index (χ4v) is 1.85. The molecule has 2 heterocycles. The molecule has 0 unspecified atom stereocenters. The highest BCUT2D eigenvalue weighted by Gasteiger charge is 2.22. The zero-order chi connectivity index (χ0) is 13.3. The van der Waals surface area contributed by atoms with Crippen LogP contribution in [0.2, 0.25) is 0 Å². The molecule has 0 spiro atoms. The zero-order valence-corrected chi connectivity index (χ0v) is 10.5. The van der Waals surface area contributed by atoms with Crippen LogP contribution in [0, 0.1) is 24.0 Å². The molecule has 0 radical (unpaired) electrons. The van der Waals surface area contributed by atoms with Crippen molar-refractivity contribution in [3.8, 4) is 0 Å². The number of aromatic nitrogens is 3. The van der Waals surface area contributed by atoms with Crippen LogP contribution in [0.1, 0.15) is 29.8 Å². The van der Waals surface area contributed by atoms with Crippen LogP contribution < -0.4 is 0 Å². The van der Waals surface area contributed by atoms with Gasteiger partial charge in [0, 0.05) is 6.07 Å². The van der Waals surface area contributed by atoms with Gasteiger partial charge < -0.3 is 4.52 Å². The first-order valence-electron chi connectivity index (χ1n) is 5.65. The van der Waals surface area contributed by atoms with E-state index < -0.39 is 4.92 Å². The van der Waals surface area contributed by atoms with E-state index in [0.717, 1.165) is 12.1 Å². The molecule has 0 saturated heterocycles. The van der Waals surface area contributed by atoms with Gasteiger partial charge in [-0.15, -0.1) is 0 Å². The number of aryl methyl sites for hydroxylation is 2. The van der Waals surface area contributed by atoms with Crippen LogP contribution in [-0.2, 0) is 13.0 Å². The molecule has 0 atom stereocenters. The molecule has 18 heavy (non-hydrogen) atoms. The Morgan fingerprint density at radius 2 is 2.22 bits per heavy atom. The highest BCUT2D eigenvalue weighted by Crippen LogP contribution is 2.22. The number of nitrogens with zero attached hydrogens (tertiary/aromatic N) is 4. The standard InChI is InChI=1S/C11H14N4O3/c1-4-9-5-10(18-13-9)6-14-8(3)11(15(16)17)7(2)12-14/h5H,4,6H2,1-3H3. The van der Waals surface area contributed by atoms with Gasteiger partial charge >= 0.3 is 5.69 Å². The first-order chi connectivity index (χ1) is 8.52. The SMILES string of the molecule is CCc1cc(Cn2nc(C)c([N+](=O)[O-])c2C)on1. The fraction of sp³-hybridized carbons (Fsp3) is 0.455. The van der Waals surface area contributed by atoms with Gasteiger partial charge in [0.15, 0.2) is 5.76 Å². The molecule has 0 aliphatic carbocycles. The molecule has 7 nitrogen and oxygen atoms in total. The van der Waals surface area contributed by atoms with Gasteiger partial charge in [-0.25, -0.2) is 0 Å². The van der Waals surface area contributed by atoms with Gasteiger partial charge in [-0.3, -0.25) is 14.8 Å². The molecule has 0 aromatic carbocycles. The van der Waals surface area contributed by atoms with Crippen molar-refractivity contribution >= 4 is 5.69 Å². The molecule has 0 amide bonds. The quantitative estimate of drug-likeness (QED) is 0.611. The smallest absolute Gasteiger partial charge is 0.312 e. The maximum Gasteiger partial charge on any atom is 0.312 e. The van der Waals surface area contributed by atoms with Crippen molar-refractivity contribution in [1.29, 1.82) is 0 Å². The third-order valence-electron chi connectivity index (χ3n) is 2.80. The summed E-state index contributed by atoms with van der Waals surface area (Å²) in [6, 6.07) is 1.84. The first-order valence-corrected chi connectivity index (χ1v) is 5.65. The molecule has 0 N–H and O–H groups in total. The van der Waals surface area contributed by atoms with Crippen LogP contribution >= 0.6 is 0 Å². The van der Waals surface area contributed by atoms with Gasteiger partial charge in [0.25, 0.3) is 0 Å². The molecular formula is C11H14N4O3. The molecule has 0 aliphatic heterocycles. The minimum atomic E-state index is -0.411. The average Bonchev–Trinajstić information content (AvgIpc) is 2.85. The number of hydrogen-bond donors (Lipinski definition) is 0. The van der Waals surface area contributed by atoms with Gasteiger partial charge in [0.05, 0.1) is 10.6 Å². The molecule has 2 rings (SSSR count). The van der Waals surface area contributed by atoms with Crippen molar-refractivity contribution in [1.82, 2.24) is 14.9 Å². The maximum atomic E-state index is 10.9. The lowest BCUT2D eigenvalue weighted by molar-refractivity contribution is -0.386. The van der Waals surface area contributed by atoms with Crippen molar-refractivity contribution in [2.75, 3.05) is 0 Å². The molecule has 0 bridgehead atoms. The molecule has 0 aliphatic rings. The van der Waals surface area contributed by atoms with E-state index in [1.54, 1.807) is 18.5 Å². The van der Waals surface area contributed by atoms with Crippen LogP contribution in [0.25, 0.3) is 0 Å². The van der Waals surface area contributed by atoms with Crippen molar-refractivity contribution in [3.05, 3.63) is 39.0 Å². The number of rotatable bonds is 4. The van der Waals surface area contributed by atoms with Gasteiger partial charge in [0.2, 0.25) is 0 Å². The lowest BCUT2D eigenvalue weighted by Gasteiger charge is -1.98. The molecular weight excluding hydrogens is 236 g/mol. The molecule has 96 valence electrons. The molecule has 0 saturated carbocycles. The largest absolute Gasteiger partial charge is 0.359 e. The second kappa shape index (κ2) is 4.59. The average molecular weight is 250 g/mol. The maximum absolute atomic E-state index is 10.9. The van der Waals surface area contributed by atoms with E-state index in [4.69, 9.17) is 4.52 Å². The normalized spacial score (nSPS) is 10.8. The van der Waals surface area contributed by atoms with E-state index in [0.29, 0.717) is 23.7 Å². The number of nitro groups is 1. The van der Waals surface area contributed by atoms with Crippen LogP contribution in [0.15, 0.2) is 10.6 Å². The third-order valence-corrected chi connectivity index (χ3v) is 2.80. The Hall–Kier alpha value is -2.18. The summed E-state index contributed by atoms with van der Waals surface area (Å²) >= 11 is 0. The summed E-state index contributed by atoms with van der Waals surface area (Å²) < 4.78 is 6.71. The Labute approximate surface area is 104 Å². The van der Waals surface area contributed by atoms with E-state index in [1.165, 1.54) is 0 Å². The van der Waals surface area contributed by atoms with Gasteiger partial charge in [0.1, 0.15) is 17.9 Å². The Morgan fingerprint density at radius 1 is 1.50 bits per heavy atom. The summed E-state index contributed by atoms with van der Waals surface area (Å²) in [4.78, 5) is 10.5. The second-order valence-electron chi connectivity index (χ2n) is 4.07. The van der Waals surface area contributed by atoms with E-state index in [2.05, 4.69) is 10.3 Å². The summed E-state index contributed by atoms with van der Waals surface area (Å²) in [7, 11) is 0. The number of hydrogen-bond acceptors (Lipinski definition) is 5. The minimum absolute atomic E-state index is 0.0604. The summed E-state index contributed by atoms with van der Waals surface area (Å²) in [5, 5.41) is 18.9. The van der Waals surface area contributed by atoms with Crippen LogP contribution in [0.4, 0.5) is 5.69 Å². The van der Waals surface area contributed by atoms with Gasteiger partial charge in [-0.1, -0.05) is 12.1 Å². The van der Waals surface area contributed by atoms with E-state index in [9.17, 15) is 10.1 Å². The Kier molecular flexibility index (Phi) is 3.14. The summed E-state index contributed by atoms with van der Waals surface area (Å²) in [6.07, 6.45) is 0.792. The first kappa shape index (κ1) is 12.3. The topological polar surface area (TPSA) is 87.0 Å². The lowest BCUT2D eigenvalue weighted by atomic mass is 10.3. The van der Waals surface area contributed by atoms with Crippen molar-refractivity contribution in [2.24, 2.45) is 0 Å². The van der Waals surface area contributed by atoms with Crippen LogP contribution in [0.3, 0.4) is 0 Å². The molecule has 7 heteroatoms. The predicted molar refractivity (Wildman–Crippen MR) is 63.3 cm³/mol. The van der Waals surface area contributed by atoms with Gasteiger partial charge in [-0.2, -0.15) is 5.10 Å². The second-order valence-corrected chi connectivity index (χ2v) is 4.07. The lowest BCUT2D eigenvalue weighted by Crippen LogP contribution is -2.03. The monoisotopic (exact) mass is 250 g/mol. The van der Waals surface area contributed by atoms with Crippen molar-refractivity contribution < 1.29 is 9.45 Å². The highest BCUT2D eigenvalue weighted by molar-refractivity contribution is 5.39. The van der Waals surface area contributed by atoms with Crippen molar-refractivity contribution in [2.45, 2.75) is 33.7 Å². The Morgan fingerprint density at radius 3 is 2.72 bits per heavy atom. The predicted octanol–water partition coefficient (Wildman–Crippen LogP) is 2.01. The van der Waals surface area contributed by atoms with Crippen LogP contribution in [0.5, 0.6) is 0 Å². The van der Waals surface area contributed by atoms with E-state index in [1.807, 2.05) is 13.0 Å². The molecule has 2 aromatic rings. The van der Waals surface area contributed by atoms with Gasteiger partial charge in [-0.05, 0) is 20.3 Å². The van der Waals surface area contributed by atoms with E-state index in [-0.39, 0.29) is 5.69 Å². The Bertz CT molecular complexity index is 585. The highest BCUT2D eigenvalue weighted by atomic mass is 16.6. The fourth-order valence-electron chi connectivity index (χ4n) is 1.85. The minimum Gasteiger partial charge on any atom is -0.359 e. The molecule has 2 aromatic heterocycles. The third kappa shape index (κ3) is 2.11. The summed E-state index contributed by atoms with van der Waals surface area (Å²) in [5.74, 6) is 0.646. The summed E-state index contributed by atoms with van der Waals surface area (Å²) in [6.45, 7) is 5.64. The van der Waals surface area contributed by atoms with E-state index >= 15 is 0 Å².